The summed E-state index contributed by atoms with van der Waals surface area (Å²) in [6.45, 7) is 9.18. The Morgan fingerprint density at radius 2 is 0.897 bits per heavy atom. The van der Waals surface area contributed by atoms with Crippen molar-refractivity contribution in [2.75, 3.05) is 33.0 Å². The van der Waals surface area contributed by atoms with Gasteiger partial charge in [0.1, 0.15) is 0 Å². The second-order valence-electron chi connectivity index (χ2n) is 4.96. The third kappa shape index (κ3) is 73.3. The molecular weight excluding hydrogens is 447 g/mol. The van der Waals surface area contributed by atoms with Crippen LogP contribution in [-0.4, -0.2) is 51.2 Å². The summed E-state index contributed by atoms with van der Waals surface area (Å²) >= 11 is 0. The van der Waals surface area contributed by atoms with Crippen molar-refractivity contribution in [1.29, 1.82) is 0 Å². The minimum absolute atomic E-state index is 0. The topological polar surface area (TPSA) is 185 Å². The Morgan fingerprint density at radius 3 is 1.21 bits per heavy atom. The van der Waals surface area contributed by atoms with E-state index in [9.17, 15) is 0 Å². The number of nitrogens with two attached hydrogens (primary N) is 2. The first kappa shape index (κ1) is 78.0. The summed E-state index contributed by atoms with van der Waals surface area (Å²) in [6, 6.07) is 0.193. The Hall–Kier alpha value is 0.784. The first-order chi connectivity index (χ1) is 8.52. The minimum atomic E-state index is 0. The largest absolute Gasteiger partial charge is 0.380 e. The molecule has 0 heterocycles. The molecule has 0 aromatic heterocycles. The van der Waals surface area contributed by atoms with Crippen molar-refractivity contribution < 1.29 is 46.9 Å². The zero-order chi connectivity index (χ0) is 13.8. The molecule has 3 unspecified atom stereocenters. The Kier molecular flexibility index (Phi) is 153. The van der Waals surface area contributed by atoms with Gasteiger partial charge in [-0.15, -0.1) is 0 Å². The van der Waals surface area contributed by atoms with Crippen LogP contribution in [0.2, 0.25) is 0 Å². The number of ether oxygens (including phenoxy) is 3. The molecule has 0 amide bonds. The van der Waals surface area contributed by atoms with Gasteiger partial charge in [-0.1, -0.05) is 52.0 Å². The molecule has 3 atom stereocenters. The molecule has 13 N–H and O–H groups in total. The zero-order valence-corrected chi connectivity index (χ0v) is 17.6. The van der Waals surface area contributed by atoms with Gasteiger partial charge in [0.25, 0.3) is 0 Å². The van der Waals surface area contributed by atoms with Crippen molar-refractivity contribution in [3.63, 3.8) is 0 Å². The first-order valence-corrected chi connectivity index (χ1v) is 6.80. The van der Waals surface area contributed by atoms with Crippen molar-refractivity contribution in [2.45, 2.75) is 104 Å². The van der Waals surface area contributed by atoms with Crippen molar-refractivity contribution >= 4 is 0 Å². The molecule has 193 valence electrons. The van der Waals surface area contributed by atoms with E-state index in [4.69, 9.17) is 25.7 Å². The Labute approximate surface area is 213 Å². The maximum Gasteiger partial charge on any atom is 0.0781 e. The Bertz CT molecular complexity index is 195. The van der Waals surface area contributed by atoms with Crippen molar-refractivity contribution in [2.24, 2.45) is 11.5 Å². The molecule has 0 spiro atoms. The van der Waals surface area contributed by atoms with Crippen molar-refractivity contribution in [1.82, 2.24) is 18.5 Å². The van der Waals surface area contributed by atoms with E-state index < -0.39 is 0 Å². The normalized spacial score (nSPS) is 10.2. The quantitative estimate of drug-likeness (QED) is 0.201. The van der Waals surface area contributed by atoms with Crippen LogP contribution in [0.4, 0.5) is 0 Å². The summed E-state index contributed by atoms with van der Waals surface area (Å²) in [5.74, 6) is 0. The van der Waals surface area contributed by atoms with Crippen LogP contribution in [-0.2, 0) is 46.9 Å². The van der Waals surface area contributed by atoms with E-state index in [0.29, 0.717) is 19.8 Å². The zero-order valence-electron chi connectivity index (χ0n) is 14.8. The molecule has 0 aromatic rings. The molecule has 0 aliphatic carbocycles. The van der Waals surface area contributed by atoms with Gasteiger partial charge in [0, 0.05) is 58.0 Å². The van der Waals surface area contributed by atoms with E-state index in [2.05, 4.69) is 0 Å². The van der Waals surface area contributed by atoms with Gasteiger partial charge in [-0.05, 0) is 33.6 Å². The van der Waals surface area contributed by atoms with E-state index in [1.807, 2.05) is 20.8 Å². The second kappa shape index (κ2) is 56.8. The number of hydrogen-bond acceptors (Lipinski definition) is 8. The smallest absolute Gasteiger partial charge is 0.0781 e. The standard InChI is InChI=1S/C13H30N2O3.7CH4.3H3N.Y/c1-11(14)8-16-6-4-5-7-17-10-13(3)18-9-12(2)15;;;;;;;;;;;/h11-13H,4-10,14-15H2,1-3H3;7*1H4;3*1H3;. The first-order valence-electron chi connectivity index (χ1n) is 6.80. The molecule has 8 nitrogen and oxygen atoms in total. The molecule has 29 heavy (non-hydrogen) atoms. The maximum absolute atomic E-state index is 5.60. The summed E-state index contributed by atoms with van der Waals surface area (Å²) in [5, 5.41) is 0. The van der Waals surface area contributed by atoms with Crippen molar-refractivity contribution in [3.8, 4) is 0 Å². The average molecular weight is 515 g/mol. The molecule has 0 aromatic carbocycles. The summed E-state index contributed by atoms with van der Waals surface area (Å²) in [7, 11) is 0. The van der Waals surface area contributed by atoms with Crippen LogP contribution in [0.5, 0.6) is 0 Å². The predicted molar refractivity (Wildman–Crippen MR) is 136 cm³/mol. The molecule has 9 heteroatoms. The Balaban J connectivity index is -0.0000000263. The van der Waals surface area contributed by atoms with E-state index in [1.165, 1.54) is 0 Å². The van der Waals surface area contributed by atoms with E-state index >= 15 is 0 Å². The maximum atomic E-state index is 5.60. The minimum Gasteiger partial charge on any atom is -0.380 e. The molecule has 0 bridgehead atoms. The number of hydrogen-bond donors (Lipinski definition) is 5. The fraction of sp³-hybridized carbons (Fsp3) is 1.00. The van der Waals surface area contributed by atoms with Gasteiger partial charge in [-0.2, -0.15) is 0 Å². The molecule has 0 saturated carbocycles. The number of rotatable bonds is 12. The molecule has 0 rings (SSSR count). The van der Waals surface area contributed by atoms with E-state index in [0.717, 1.165) is 26.1 Å². The molecule has 0 saturated heterocycles. The van der Waals surface area contributed by atoms with Crippen LogP contribution in [0.15, 0.2) is 0 Å². The van der Waals surface area contributed by atoms with Gasteiger partial charge in [-0.3, -0.25) is 0 Å². The van der Waals surface area contributed by atoms with Crippen molar-refractivity contribution in [3.05, 3.63) is 0 Å². The predicted octanol–water partition coefficient (Wildman–Crippen LogP) is 5.84. The van der Waals surface area contributed by atoms with Crippen LogP contribution in [0.3, 0.4) is 0 Å². The third-order valence-electron chi connectivity index (χ3n) is 2.20. The van der Waals surface area contributed by atoms with Crippen LogP contribution >= 0.6 is 0 Å². The van der Waals surface area contributed by atoms with Gasteiger partial charge < -0.3 is 44.1 Å². The van der Waals surface area contributed by atoms with E-state index in [1.54, 1.807) is 0 Å². The van der Waals surface area contributed by atoms with Crippen LogP contribution in [0, 0.1) is 0 Å². The van der Waals surface area contributed by atoms with Gasteiger partial charge in [0.2, 0.25) is 0 Å². The summed E-state index contributed by atoms with van der Waals surface area (Å²) in [4.78, 5) is 0. The molecular formula is C20H67N5O3Y. The average Bonchev–Trinajstić information content (AvgIpc) is 2.29. The van der Waals surface area contributed by atoms with Gasteiger partial charge >= 0.3 is 0 Å². The monoisotopic (exact) mass is 514 g/mol. The Morgan fingerprint density at radius 1 is 0.586 bits per heavy atom. The van der Waals surface area contributed by atoms with Crippen LogP contribution in [0.1, 0.15) is 85.6 Å². The fourth-order valence-corrected chi connectivity index (χ4v) is 1.29. The molecule has 1 radical (unpaired) electrons. The second-order valence-corrected chi connectivity index (χ2v) is 4.96. The molecule has 0 aliphatic rings. The summed E-state index contributed by atoms with van der Waals surface area (Å²) in [6.07, 6.45) is 2.10. The van der Waals surface area contributed by atoms with E-state index in [-0.39, 0.29) is 121 Å². The van der Waals surface area contributed by atoms with Crippen LogP contribution in [0.25, 0.3) is 0 Å². The van der Waals surface area contributed by atoms with Gasteiger partial charge in [-0.25, -0.2) is 0 Å². The van der Waals surface area contributed by atoms with Crippen LogP contribution < -0.4 is 29.9 Å². The molecule has 0 fully saturated rings. The summed E-state index contributed by atoms with van der Waals surface area (Å²) in [5.41, 5.74) is 11.2. The van der Waals surface area contributed by atoms with Gasteiger partial charge in [0.05, 0.1) is 25.9 Å². The number of unbranched alkanes of at least 4 members (excludes halogenated alkanes) is 1. The summed E-state index contributed by atoms with van der Waals surface area (Å²) < 4.78 is 16.4. The molecule has 0 aliphatic heterocycles. The SMILES string of the molecule is C.C.C.C.C.C.C.CC(N)COCCCCOCC(C)OCC(C)N.N.N.N.[Y]. The van der Waals surface area contributed by atoms with Gasteiger partial charge in [0.15, 0.2) is 0 Å². The third-order valence-corrected chi connectivity index (χ3v) is 2.20. The fourth-order valence-electron chi connectivity index (χ4n) is 1.29.